The van der Waals surface area contributed by atoms with Crippen LogP contribution in [0.4, 0.5) is 0 Å². The number of nitrogens with one attached hydrogen (secondary N) is 1. The molecule has 2 atom stereocenters. The molecule has 0 saturated heterocycles. The average molecular weight is 423 g/mol. The van der Waals surface area contributed by atoms with Crippen LogP contribution in [0.2, 0.25) is 0 Å². The van der Waals surface area contributed by atoms with Crippen LogP contribution in [0.1, 0.15) is 83.5 Å². The summed E-state index contributed by atoms with van der Waals surface area (Å²) in [4.78, 5) is 28.3. The van der Waals surface area contributed by atoms with Gasteiger partial charge in [-0.15, -0.1) is 0 Å². The van der Waals surface area contributed by atoms with E-state index in [0.29, 0.717) is 19.3 Å². The van der Waals surface area contributed by atoms with Gasteiger partial charge in [0.1, 0.15) is 0 Å². The fraction of sp³-hybridized carbons (Fsp3) is 0.917. The van der Waals surface area contributed by atoms with Crippen molar-refractivity contribution in [1.82, 2.24) is 10.2 Å². The molecule has 0 heterocycles. The van der Waals surface area contributed by atoms with Gasteiger partial charge in [0.05, 0.1) is 25.2 Å². The molecular weight excluding hydrogens is 380 g/mol. The molecule has 0 bridgehead atoms. The summed E-state index contributed by atoms with van der Waals surface area (Å²) >= 11 is 0. The Balaban J connectivity index is 1.49. The largest absolute Gasteiger partial charge is 0.382 e. The van der Waals surface area contributed by atoms with Crippen LogP contribution in [-0.4, -0.2) is 62.3 Å². The lowest BCUT2D eigenvalue weighted by Crippen LogP contribution is -2.52. The van der Waals surface area contributed by atoms with Gasteiger partial charge in [0.25, 0.3) is 0 Å². The molecule has 6 heteroatoms. The summed E-state index contributed by atoms with van der Waals surface area (Å²) < 4.78 is 10.9. The van der Waals surface area contributed by atoms with Crippen molar-refractivity contribution in [3.63, 3.8) is 0 Å². The van der Waals surface area contributed by atoms with E-state index >= 15 is 0 Å². The molecule has 2 amide bonds. The van der Waals surface area contributed by atoms with E-state index in [4.69, 9.17) is 9.47 Å². The van der Waals surface area contributed by atoms with Crippen molar-refractivity contribution in [2.75, 3.05) is 27.4 Å². The van der Waals surface area contributed by atoms with E-state index in [1.165, 1.54) is 19.3 Å². The highest BCUT2D eigenvalue weighted by molar-refractivity contribution is 5.83. The van der Waals surface area contributed by atoms with Crippen molar-refractivity contribution >= 4 is 11.8 Å². The standard InChI is InChI=1S/C24H42N2O4/c1-26(19-8-4-3-5-9-19)24(28)21-10-6-7-11-22(21)25-23(27)18-12-14-20(15-13-18)30-17-16-29-2/h18-22H,3-17H2,1-2H3,(H,25,27). The van der Waals surface area contributed by atoms with Gasteiger partial charge < -0.3 is 19.7 Å². The maximum Gasteiger partial charge on any atom is 0.227 e. The Bertz CT molecular complexity index is 541. The van der Waals surface area contributed by atoms with Crippen LogP contribution in [0.15, 0.2) is 0 Å². The molecule has 3 fully saturated rings. The second-order valence-corrected chi connectivity index (χ2v) is 9.58. The van der Waals surface area contributed by atoms with Crippen LogP contribution in [0.3, 0.4) is 0 Å². The highest BCUT2D eigenvalue weighted by atomic mass is 16.5. The zero-order chi connectivity index (χ0) is 21.3. The highest BCUT2D eigenvalue weighted by Crippen LogP contribution is 2.31. The summed E-state index contributed by atoms with van der Waals surface area (Å²) in [6.07, 6.45) is 13.9. The third-order valence-corrected chi connectivity index (χ3v) is 7.57. The van der Waals surface area contributed by atoms with Crippen molar-refractivity contribution in [2.45, 2.75) is 102 Å². The average Bonchev–Trinajstić information content (AvgIpc) is 2.79. The summed E-state index contributed by atoms with van der Waals surface area (Å²) in [6.45, 7) is 1.24. The number of amides is 2. The number of carbonyl (C=O) groups is 2. The van der Waals surface area contributed by atoms with Gasteiger partial charge in [0, 0.05) is 32.2 Å². The van der Waals surface area contributed by atoms with Gasteiger partial charge in [-0.05, 0) is 51.4 Å². The Kier molecular flexibility index (Phi) is 9.44. The molecule has 0 aromatic carbocycles. The van der Waals surface area contributed by atoms with E-state index < -0.39 is 0 Å². The van der Waals surface area contributed by atoms with Crippen LogP contribution in [0.25, 0.3) is 0 Å². The molecule has 0 spiro atoms. The molecule has 3 saturated carbocycles. The van der Waals surface area contributed by atoms with E-state index in [1.54, 1.807) is 7.11 Å². The lowest BCUT2D eigenvalue weighted by atomic mass is 9.81. The van der Waals surface area contributed by atoms with Crippen LogP contribution >= 0.6 is 0 Å². The summed E-state index contributed by atoms with van der Waals surface area (Å²) in [5.74, 6) is 0.405. The predicted molar refractivity (Wildman–Crippen MR) is 117 cm³/mol. The third-order valence-electron chi connectivity index (χ3n) is 7.57. The molecule has 0 aromatic heterocycles. The topological polar surface area (TPSA) is 67.9 Å². The Labute approximate surface area is 182 Å². The molecule has 3 aliphatic rings. The minimum atomic E-state index is -0.0525. The Morgan fingerprint density at radius 3 is 2.23 bits per heavy atom. The monoisotopic (exact) mass is 422 g/mol. The molecule has 3 aliphatic carbocycles. The Morgan fingerprint density at radius 2 is 1.53 bits per heavy atom. The molecular formula is C24H42N2O4. The summed E-state index contributed by atoms with van der Waals surface area (Å²) in [5.41, 5.74) is 0. The number of methoxy groups -OCH3 is 1. The molecule has 0 aliphatic heterocycles. The van der Waals surface area contributed by atoms with E-state index in [1.807, 2.05) is 11.9 Å². The Hall–Kier alpha value is -1.14. The lowest BCUT2D eigenvalue weighted by Gasteiger charge is -2.38. The van der Waals surface area contributed by atoms with E-state index in [-0.39, 0.29) is 35.8 Å². The van der Waals surface area contributed by atoms with Crippen molar-refractivity contribution in [1.29, 1.82) is 0 Å². The van der Waals surface area contributed by atoms with Crippen LogP contribution in [-0.2, 0) is 19.1 Å². The quantitative estimate of drug-likeness (QED) is 0.606. The molecule has 2 unspecified atom stereocenters. The molecule has 1 N–H and O–H groups in total. The van der Waals surface area contributed by atoms with Crippen LogP contribution in [0.5, 0.6) is 0 Å². The van der Waals surface area contributed by atoms with Crippen molar-refractivity contribution in [3.8, 4) is 0 Å². The fourth-order valence-electron chi connectivity index (χ4n) is 5.60. The first-order valence-corrected chi connectivity index (χ1v) is 12.3. The molecule has 0 radical (unpaired) electrons. The summed E-state index contributed by atoms with van der Waals surface area (Å²) in [5, 5.41) is 3.30. The second kappa shape index (κ2) is 12.0. The number of nitrogens with zero attached hydrogens (tertiary/aromatic N) is 1. The number of carbonyl (C=O) groups excluding carboxylic acids is 2. The molecule has 3 rings (SSSR count). The fourth-order valence-corrected chi connectivity index (χ4v) is 5.60. The predicted octanol–water partition coefficient (Wildman–Crippen LogP) is 3.67. The normalized spacial score (nSPS) is 30.6. The number of ether oxygens (including phenoxy) is 2. The zero-order valence-corrected chi connectivity index (χ0v) is 19.1. The van der Waals surface area contributed by atoms with Crippen molar-refractivity contribution < 1.29 is 19.1 Å². The molecule has 172 valence electrons. The maximum absolute atomic E-state index is 13.3. The number of hydrogen-bond acceptors (Lipinski definition) is 4. The maximum atomic E-state index is 13.3. The first-order chi connectivity index (χ1) is 14.6. The van der Waals surface area contributed by atoms with Crippen LogP contribution < -0.4 is 5.32 Å². The van der Waals surface area contributed by atoms with E-state index in [9.17, 15) is 9.59 Å². The smallest absolute Gasteiger partial charge is 0.227 e. The van der Waals surface area contributed by atoms with Gasteiger partial charge in [0.2, 0.25) is 11.8 Å². The van der Waals surface area contributed by atoms with Gasteiger partial charge in [-0.25, -0.2) is 0 Å². The van der Waals surface area contributed by atoms with Crippen molar-refractivity contribution in [3.05, 3.63) is 0 Å². The minimum absolute atomic E-state index is 0.000432. The first-order valence-electron chi connectivity index (χ1n) is 12.3. The second-order valence-electron chi connectivity index (χ2n) is 9.58. The van der Waals surface area contributed by atoms with Gasteiger partial charge in [-0.2, -0.15) is 0 Å². The summed E-state index contributed by atoms with van der Waals surface area (Å²) in [6, 6.07) is 0.387. The van der Waals surface area contributed by atoms with Gasteiger partial charge in [-0.3, -0.25) is 9.59 Å². The Morgan fingerprint density at radius 1 is 0.867 bits per heavy atom. The zero-order valence-electron chi connectivity index (χ0n) is 19.1. The highest BCUT2D eigenvalue weighted by Gasteiger charge is 2.37. The van der Waals surface area contributed by atoms with E-state index in [2.05, 4.69) is 5.32 Å². The SMILES string of the molecule is COCCOC1CCC(C(=O)NC2CCCCC2C(=O)N(C)C2CCCCC2)CC1. The molecule has 0 aromatic rings. The minimum Gasteiger partial charge on any atom is -0.382 e. The van der Waals surface area contributed by atoms with Gasteiger partial charge >= 0.3 is 0 Å². The van der Waals surface area contributed by atoms with Gasteiger partial charge in [-0.1, -0.05) is 32.1 Å². The lowest BCUT2D eigenvalue weighted by molar-refractivity contribution is -0.139. The number of rotatable bonds is 8. The third kappa shape index (κ3) is 6.43. The molecule has 6 nitrogen and oxygen atoms in total. The number of hydrogen-bond donors (Lipinski definition) is 1. The van der Waals surface area contributed by atoms with Gasteiger partial charge in [0.15, 0.2) is 0 Å². The summed E-state index contributed by atoms with van der Waals surface area (Å²) in [7, 11) is 3.66. The van der Waals surface area contributed by atoms with Crippen LogP contribution in [0, 0.1) is 11.8 Å². The molecule has 30 heavy (non-hydrogen) atoms. The van der Waals surface area contributed by atoms with E-state index in [0.717, 1.165) is 64.2 Å². The first kappa shape index (κ1) is 23.5. The van der Waals surface area contributed by atoms with Crippen molar-refractivity contribution in [2.24, 2.45) is 11.8 Å².